The normalized spacial score (nSPS) is 11.9. The maximum atomic E-state index is 11.5. The number of carbonyl (C=O) groups is 2. The Morgan fingerprint density at radius 3 is 2.80 bits per heavy atom. The van der Waals surface area contributed by atoms with Crippen LogP contribution in [0.5, 0.6) is 0 Å². The van der Waals surface area contributed by atoms with Crippen molar-refractivity contribution in [3.8, 4) is 0 Å². The SMILES string of the molecule is CCC(O)CCNC(=O)CCCNC(=O)c1ccco1. The predicted molar refractivity (Wildman–Crippen MR) is 74.2 cm³/mol. The summed E-state index contributed by atoms with van der Waals surface area (Å²) in [7, 11) is 0. The lowest BCUT2D eigenvalue weighted by molar-refractivity contribution is -0.121. The number of hydrogen-bond donors (Lipinski definition) is 3. The maximum Gasteiger partial charge on any atom is 0.286 e. The zero-order chi connectivity index (χ0) is 14.8. The Labute approximate surface area is 118 Å². The van der Waals surface area contributed by atoms with Gasteiger partial charge in [0.25, 0.3) is 5.91 Å². The van der Waals surface area contributed by atoms with E-state index in [4.69, 9.17) is 4.42 Å². The smallest absolute Gasteiger partial charge is 0.286 e. The van der Waals surface area contributed by atoms with Crippen LogP contribution in [0.2, 0.25) is 0 Å². The minimum Gasteiger partial charge on any atom is -0.459 e. The minimum atomic E-state index is -0.358. The average molecular weight is 282 g/mol. The number of aliphatic hydroxyl groups is 1. The van der Waals surface area contributed by atoms with Crippen molar-refractivity contribution in [2.45, 2.75) is 38.7 Å². The van der Waals surface area contributed by atoms with Gasteiger partial charge in [0.05, 0.1) is 12.4 Å². The highest BCUT2D eigenvalue weighted by atomic mass is 16.3. The quantitative estimate of drug-likeness (QED) is 0.591. The lowest BCUT2D eigenvalue weighted by atomic mass is 10.2. The van der Waals surface area contributed by atoms with E-state index in [9.17, 15) is 14.7 Å². The first-order chi connectivity index (χ1) is 9.63. The second-order valence-corrected chi connectivity index (χ2v) is 4.54. The molecule has 0 aromatic carbocycles. The zero-order valence-electron chi connectivity index (χ0n) is 11.7. The molecule has 1 unspecified atom stereocenters. The molecule has 112 valence electrons. The van der Waals surface area contributed by atoms with E-state index in [0.29, 0.717) is 38.8 Å². The van der Waals surface area contributed by atoms with Crippen molar-refractivity contribution in [2.24, 2.45) is 0 Å². The number of rotatable bonds is 9. The molecule has 0 saturated heterocycles. The molecule has 0 aliphatic heterocycles. The minimum absolute atomic E-state index is 0.0689. The van der Waals surface area contributed by atoms with Crippen molar-refractivity contribution in [2.75, 3.05) is 13.1 Å². The fraction of sp³-hybridized carbons (Fsp3) is 0.571. The molecule has 0 fully saturated rings. The van der Waals surface area contributed by atoms with Gasteiger partial charge in [-0.15, -0.1) is 0 Å². The molecular weight excluding hydrogens is 260 g/mol. The van der Waals surface area contributed by atoms with Crippen molar-refractivity contribution < 1.29 is 19.1 Å². The summed E-state index contributed by atoms with van der Waals surface area (Å²) in [6, 6.07) is 3.23. The molecule has 6 heteroatoms. The van der Waals surface area contributed by atoms with E-state index in [1.807, 2.05) is 6.92 Å². The van der Waals surface area contributed by atoms with E-state index in [0.717, 1.165) is 0 Å². The molecular formula is C14H22N2O4. The number of carbonyl (C=O) groups excluding carboxylic acids is 2. The van der Waals surface area contributed by atoms with E-state index in [1.54, 1.807) is 12.1 Å². The Bertz CT molecular complexity index is 403. The van der Waals surface area contributed by atoms with Gasteiger partial charge in [0.2, 0.25) is 5.91 Å². The summed E-state index contributed by atoms with van der Waals surface area (Å²) in [5.74, 6) is -0.0787. The van der Waals surface area contributed by atoms with Crippen LogP contribution in [0.15, 0.2) is 22.8 Å². The molecule has 0 saturated carbocycles. The molecule has 1 rings (SSSR count). The highest BCUT2D eigenvalue weighted by molar-refractivity contribution is 5.91. The lowest BCUT2D eigenvalue weighted by Gasteiger charge is -2.09. The van der Waals surface area contributed by atoms with Crippen molar-refractivity contribution in [1.29, 1.82) is 0 Å². The molecule has 0 aliphatic rings. The van der Waals surface area contributed by atoms with Gasteiger partial charge in [-0.3, -0.25) is 9.59 Å². The number of aliphatic hydroxyl groups excluding tert-OH is 1. The van der Waals surface area contributed by atoms with E-state index in [1.165, 1.54) is 6.26 Å². The number of nitrogens with one attached hydrogen (secondary N) is 2. The van der Waals surface area contributed by atoms with Gasteiger partial charge in [-0.1, -0.05) is 6.92 Å². The van der Waals surface area contributed by atoms with Crippen LogP contribution in [0.25, 0.3) is 0 Å². The molecule has 1 atom stereocenters. The molecule has 1 aromatic rings. The monoisotopic (exact) mass is 282 g/mol. The third kappa shape index (κ3) is 6.38. The fourth-order valence-corrected chi connectivity index (χ4v) is 1.62. The molecule has 2 amide bonds. The summed E-state index contributed by atoms with van der Waals surface area (Å²) >= 11 is 0. The van der Waals surface area contributed by atoms with Crippen LogP contribution in [0.4, 0.5) is 0 Å². The highest BCUT2D eigenvalue weighted by Crippen LogP contribution is 1.99. The summed E-state index contributed by atoms with van der Waals surface area (Å²) in [6.45, 7) is 2.80. The van der Waals surface area contributed by atoms with Gasteiger partial charge >= 0.3 is 0 Å². The molecule has 1 heterocycles. The lowest BCUT2D eigenvalue weighted by Crippen LogP contribution is -2.29. The fourth-order valence-electron chi connectivity index (χ4n) is 1.62. The van der Waals surface area contributed by atoms with Gasteiger partial charge in [-0.05, 0) is 31.4 Å². The predicted octanol–water partition coefficient (Wildman–Crippen LogP) is 1.07. The van der Waals surface area contributed by atoms with Gasteiger partial charge in [0.15, 0.2) is 5.76 Å². The molecule has 0 aliphatic carbocycles. The molecule has 0 spiro atoms. The summed E-state index contributed by atoms with van der Waals surface area (Å²) in [5, 5.41) is 14.7. The second kappa shape index (κ2) is 9.14. The van der Waals surface area contributed by atoms with Crippen LogP contribution >= 0.6 is 0 Å². The van der Waals surface area contributed by atoms with Crippen LogP contribution < -0.4 is 10.6 Å². The molecule has 0 radical (unpaired) electrons. The van der Waals surface area contributed by atoms with E-state index in [2.05, 4.69) is 10.6 Å². The Kier molecular flexibility index (Phi) is 7.42. The standard InChI is InChI=1S/C14H22N2O4/c1-2-11(17)7-9-15-13(18)6-3-8-16-14(19)12-5-4-10-20-12/h4-5,10-11,17H,2-3,6-9H2,1H3,(H,15,18)(H,16,19). The summed E-state index contributed by atoms with van der Waals surface area (Å²) in [6.07, 6.45) is 3.25. The molecule has 3 N–H and O–H groups in total. The summed E-state index contributed by atoms with van der Waals surface area (Å²) in [4.78, 5) is 23.0. The van der Waals surface area contributed by atoms with E-state index in [-0.39, 0.29) is 23.7 Å². The molecule has 20 heavy (non-hydrogen) atoms. The van der Waals surface area contributed by atoms with E-state index >= 15 is 0 Å². The van der Waals surface area contributed by atoms with Gasteiger partial charge in [0.1, 0.15) is 0 Å². The molecule has 6 nitrogen and oxygen atoms in total. The topological polar surface area (TPSA) is 91.6 Å². The van der Waals surface area contributed by atoms with Gasteiger partial charge in [0, 0.05) is 19.5 Å². The Hall–Kier alpha value is -1.82. The third-order valence-corrected chi connectivity index (χ3v) is 2.88. The maximum absolute atomic E-state index is 11.5. The van der Waals surface area contributed by atoms with Gasteiger partial charge in [-0.25, -0.2) is 0 Å². The van der Waals surface area contributed by atoms with Gasteiger partial charge in [-0.2, -0.15) is 0 Å². The second-order valence-electron chi connectivity index (χ2n) is 4.54. The van der Waals surface area contributed by atoms with E-state index < -0.39 is 0 Å². The number of furan rings is 1. The third-order valence-electron chi connectivity index (χ3n) is 2.88. The first kappa shape index (κ1) is 16.2. The van der Waals surface area contributed by atoms with Crippen LogP contribution in [0, 0.1) is 0 Å². The van der Waals surface area contributed by atoms with Crippen molar-refractivity contribution in [1.82, 2.24) is 10.6 Å². The molecule has 0 bridgehead atoms. The Morgan fingerprint density at radius 2 is 2.15 bits per heavy atom. The molecule has 1 aromatic heterocycles. The largest absolute Gasteiger partial charge is 0.459 e. The van der Waals surface area contributed by atoms with Gasteiger partial charge < -0.3 is 20.2 Å². The van der Waals surface area contributed by atoms with Crippen molar-refractivity contribution in [3.63, 3.8) is 0 Å². The Morgan fingerprint density at radius 1 is 1.35 bits per heavy atom. The van der Waals surface area contributed by atoms with Crippen LogP contribution in [0.1, 0.15) is 43.2 Å². The summed E-state index contributed by atoms with van der Waals surface area (Å²) in [5.41, 5.74) is 0. The van der Waals surface area contributed by atoms with Crippen molar-refractivity contribution in [3.05, 3.63) is 24.2 Å². The summed E-state index contributed by atoms with van der Waals surface area (Å²) < 4.78 is 4.94. The number of hydrogen-bond acceptors (Lipinski definition) is 4. The first-order valence-electron chi connectivity index (χ1n) is 6.90. The first-order valence-corrected chi connectivity index (χ1v) is 6.90. The highest BCUT2D eigenvalue weighted by Gasteiger charge is 2.08. The van der Waals surface area contributed by atoms with Crippen LogP contribution in [-0.4, -0.2) is 36.1 Å². The zero-order valence-corrected chi connectivity index (χ0v) is 11.7. The number of amides is 2. The average Bonchev–Trinajstić information content (AvgIpc) is 2.97. The van der Waals surface area contributed by atoms with Crippen molar-refractivity contribution >= 4 is 11.8 Å². The van der Waals surface area contributed by atoms with Crippen LogP contribution in [0.3, 0.4) is 0 Å². The van der Waals surface area contributed by atoms with Crippen LogP contribution in [-0.2, 0) is 4.79 Å². The Balaban J connectivity index is 2.03.